The van der Waals surface area contributed by atoms with Crippen molar-refractivity contribution >= 4 is 0 Å². The van der Waals surface area contributed by atoms with Gasteiger partial charge in [0.25, 0.3) is 0 Å². The zero-order valence-electron chi connectivity index (χ0n) is 8.11. The molecule has 0 aliphatic carbocycles. The van der Waals surface area contributed by atoms with E-state index in [0.717, 1.165) is 0 Å². The number of aliphatic hydroxyl groups excluding tert-OH is 1. The minimum Gasteiger partial charge on any atom is -0.391 e. The van der Waals surface area contributed by atoms with Gasteiger partial charge in [0.15, 0.2) is 0 Å². The molecular weight excluding hydrogens is 170 g/mol. The van der Waals surface area contributed by atoms with Gasteiger partial charge in [-0.1, -0.05) is 20.8 Å². The summed E-state index contributed by atoms with van der Waals surface area (Å²) in [6, 6.07) is 0. The van der Waals surface area contributed by atoms with Crippen molar-refractivity contribution < 1.29 is 5.11 Å². The Labute approximate surface area is 76.4 Å². The summed E-state index contributed by atoms with van der Waals surface area (Å²) < 4.78 is 1.22. The largest absolute Gasteiger partial charge is 0.391 e. The Morgan fingerprint density at radius 3 is 2.69 bits per heavy atom. The third-order valence-electron chi connectivity index (χ3n) is 1.97. The summed E-state index contributed by atoms with van der Waals surface area (Å²) in [7, 11) is 0. The standard InChI is InChI=1S/C8H15N3O2/c1-8(2,3)6(12)4-11-7(13)9-5-10-11/h5-6,12H,4H2,1-3H3,(H,9,10,13). The summed E-state index contributed by atoms with van der Waals surface area (Å²) in [6.45, 7) is 5.96. The van der Waals surface area contributed by atoms with Crippen LogP contribution in [0.25, 0.3) is 0 Å². The number of hydrogen-bond acceptors (Lipinski definition) is 3. The maximum atomic E-state index is 11.0. The van der Waals surface area contributed by atoms with Crippen molar-refractivity contribution in [2.24, 2.45) is 5.41 Å². The van der Waals surface area contributed by atoms with Gasteiger partial charge in [0.1, 0.15) is 6.33 Å². The lowest BCUT2D eigenvalue weighted by Gasteiger charge is -2.25. The SMILES string of the molecule is CC(C)(C)C(O)Cn1nc[nH]c1=O. The molecule has 0 aliphatic rings. The van der Waals surface area contributed by atoms with Gasteiger partial charge in [-0.25, -0.2) is 9.48 Å². The van der Waals surface area contributed by atoms with E-state index in [4.69, 9.17) is 0 Å². The molecule has 0 aliphatic heterocycles. The average molecular weight is 185 g/mol. The highest BCUT2D eigenvalue weighted by molar-refractivity contribution is 4.73. The summed E-state index contributed by atoms with van der Waals surface area (Å²) in [5.41, 5.74) is -0.526. The molecule has 1 aromatic rings. The van der Waals surface area contributed by atoms with Gasteiger partial charge in [-0.15, -0.1) is 0 Å². The molecule has 0 aromatic carbocycles. The Balaban J connectivity index is 2.71. The molecule has 1 atom stereocenters. The topological polar surface area (TPSA) is 70.9 Å². The van der Waals surface area contributed by atoms with Crippen LogP contribution in [0.2, 0.25) is 0 Å². The minimum atomic E-state index is -0.575. The molecule has 0 amide bonds. The Bertz CT molecular complexity index is 321. The van der Waals surface area contributed by atoms with Crippen LogP contribution in [0.3, 0.4) is 0 Å². The van der Waals surface area contributed by atoms with Crippen molar-refractivity contribution in [1.29, 1.82) is 0 Å². The van der Waals surface area contributed by atoms with Crippen molar-refractivity contribution in [3.05, 3.63) is 16.8 Å². The average Bonchev–Trinajstić information content (AvgIpc) is 2.34. The van der Waals surface area contributed by atoms with Crippen LogP contribution in [0.15, 0.2) is 11.1 Å². The van der Waals surface area contributed by atoms with Crippen LogP contribution in [-0.4, -0.2) is 26.0 Å². The zero-order chi connectivity index (χ0) is 10.1. The molecule has 0 saturated heterocycles. The van der Waals surface area contributed by atoms with E-state index in [2.05, 4.69) is 10.1 Å². The third-order valence-corrected chi connectivity index (χ3v) is 1.97. The third kappa shape index (κ3) is 2.42. The molecular formula is C8H15N3O2. The molecule has 1 aromatic heterocycles. The lowest BCUT2D eigenvalue weighted by atomic mass is 9.89. The van der Waals surface area contributed by atoms with E-state index < -0.39 is 6.10 Å². The lowest BCUT2D eigenvalue weighted by Crippen LogP contribution is -2.34. The molecule has 0 fully saturated rings. The van der Waals surface area contributed by atoms with Gasteiger partial charge in [0.2, 0.25) is 0 Å². The van der Waals surface area contributed by atoms with Crippen LogP contribution in [0.4, 0.5) is 0 Å². The molecule has 5 heteroatoms. The van der Waals surface area contributed by atoms with Crippen LogP contribution in [0.5, 0.6) is 0 Å². The van der Waals surface area contributed by atoms with Crippen LogP contribution in [0, 0.1) is 5.41 Å². The van der Waals surface area contributed by atoms with E-state index in [1.807, 2.05) is 20.8 Å². The first-order valence-corrected chi connectivity index (χ1v) is 4.20. The molecule has 13 heavy (non-hydrogen) atoms. The highest BCUT2D eigenvalue weighted by Gasteiger charge is 2.23. The second-order valence-corrected chi connectivity index (χ2v) is 4.16. The number of aromatic amines is 1. The van der Waals surface area contributed by atoms with Gasteiger partial charge in [-0.2, -0.15) is 5.10 Å². The number of aliphatic hydroxyl groups is 1. The van der Waals surface area contributed by atoms with Gasteiger partial charge in [-0.3, -0.25) is 4.98 Å². The summed E-state index contributed by atoms with van der Waals surface area (Å²) in [4.78, 5) is 13.4. The fourth-order valence-corrected chi connectivity index (χ4v) is 0.848. The van der Waals surface area contributed by atoms with Crippen molar-refractivity contribution in [3.63, 3.8) is 0 Å². The monoisotopic (exact) mass is 185 g/mol. The summed E-state index contributed by atoms with van der Waals surface area (Å²) in [5, 5.41) is 13.4. The maximum Gasteiger partial charge on any atom is 0.343 e. The number of nitrogens with zero attached hydrogens (tertiary/aromatic N) is 2. The van der Waals surface area contributed by atoms with Gasteiger partial charge < -0.3 is 5.11 Å². The van der Waals surface area contributed by atoms with E-state index in [9.17, 15) is 9.90 Å². The smallest absolute Gasteiger partial charge is 0.343 e. The maximum absolute atomic E-state index is 11.0. The summed E-state index contributed by atoms with van der Waals surface area (Å²) in [6.07, 6.45) is 0.742. The van der Waals surface area contributed by atoms with Crippen molar-refractivity contribution in [1.82, 2.24) is 14.8 Å². The molecule has 5 nitrogen and oxygen atoms in total. The summed E-state index contributed by atoms with van der Waals surface area (Å²) in [5.74, 6) is 0. The van der Waals surface area contributed by atoms with Crippen LogP contribution >= 0.6 is 0 Å². The first-order valence-electron chi connectivity index (χ1n) is 4.20. The molecule has 1 unspecified atom stereocenters. The zero-order valence-corrected chi connectivity index (χ0v) is 8.11. The molecule has 0 spiro atoms. The molecule has 0 saturated carbocycles. The number of H-pyrrole nitrogens is 1. The van der Waals surface area contributed by atoms with Crippen LogP contribution in [-0.2, 0) is 6.54 Å². The second-order valence-electron chi connectivity index (χ2n) is 4.16. The van der Waals surface area contributed by atoms with Crippen molar-refractivity contribution in [2.75, 3.05) is 0 Å². The van der Waals surface area contributed by atoms with E-state index in [0.29, 0.717) is 0 Å². The predicted octanol–water partition coefficient (Wildman–Crippen LogP) is -0.0216. The Hall–Kier alpha value is -1.10. The van der Waals surface area contributed by atoms with Crippen LogP contribution < -0.4 is 5.69 Å². The number of aromatic nitrogens is 3. The fourth-order valence-electron chi connectivity index (χ4n) is 0.848. The quantitative estimate of drug-likeness (QED) is 0.680. The number of rotatable bonds is 2. The minimum absolute atomic E-state index is 0.228. The molecule has 1 heterocycles. The van der Waals surface area contributed by atoms with Gasteiger partial charge in [-0.05, 0) is 5.41 Å². The fraction of sp³-hybridized carbons (Fsp3) is 0.750. The Kier molecular flexibility index (Phi) is 2.56. The molecule has 0 radical (unpaired) electrons. The highest BCUT2D eigenvalue weighted by Crippen LogP contribution is 2.19. The van der Waals surface area contributed by atoms with E-state index in [1.165, 1.54) is 11.0 Å². The number of hydrogen-bond donors (Lipinski definition) is 2. The highest BCUT2D eigenvalue weighted by atomic mass is 16.3. The summed E-state index contributed by atoms with van der Waals surface area (Å²) >= 11 is 0. The molecule has 2 N–H and O–H groups in total. The lowest BCUT2D eigenvalue weighted by molar-refractivity contribution is 0.0441. The van der Waals surface area contributed by atoms with Gasteiger partial charge in [0.05, 0.1) is 12.6 Å². The first-order chi connectivity index (χ1) is 5.91. The van der Waals surface area contributed by atoms with E-state index in [-0.39, 0.29) is 17.6 Å². The van der Waals surface area contributed by atoms with Crippen molar-refractivity contribution in [2.45, 2.75) is 33.4 Å². The van der Waals surface area contributed by atoms with E-state index in [1.54, 1.807) is 0 Å². The Morgan fingerprint density at radius 2 is 2.31 bits per heavy atom. The van der Waals surface area contributed by atoms with Gasteiger partial charge in [0, 0.05) is 0 Å². The second kappa shape index (κ2) is 3.33. The molecule has 1 rings (SSSR count). The predicted molar refractivity (Wildman–Crippen MR) is 48.3 cm³/mol. The molecule has 74 valence electrons. The van der Waals surface area contributed by atoms with Crippen molar-refractivity contribution in [3.8, 4) is 0 Å². The van der Waals surface area contributed by atoms with Gasteiger partial charge >= 0.3 is 5.69 Å². The Morgan fingerprint density at radius 1 is 1.69 bits per heavy atom. The van der Waals surface area contributed by atoms with Crippen LogP contribution in [0.1, 0.15) is 20.8 Å². The normalized spacial score (nSPS) is 14.5. The molecule has 0 bridgehead atoms. The first kappa shape index (κ1) is 9.98. The van der Waals surface area contributed by atoms with E-state index >= 15 is 0 Å². The number of nitrogens with one attached hydrogen (secondary N) is 1.